The highest BCUT2D eigenvalue weighted by Gasteiger charge is 1.92. The van der Waals surface area contributed by atoms with Crippen molar-refractivity contribution in [2.75, 3.05) is 40.1 Å². The molecular weight excluding hydrogens is 276 g/mol. The van der Waals surface area contributed by atoms with Gasteiger partial charge in [-0.2, -0.15) is 0 Å². The van der Waals surface area contributed by atoms with Gasteiger partial charge in [0.25, 0.3) is 0 Å². The second-order valence-corrected chi connectivity index (χ2v) is 4.28. The van der Waals surface area contributed by atoms with Crippen LogP contribution in [0.5, 0.6) is 0 Å². The molecule has 0 aliphatic carbocycles. The molecule has 21 heavy (non-hydrogen) atoms. The van der Waals surface area contributed by atoms with Gasteiger partial charge in [-0.15, -0.1) is 0 Å². The van der Waals surface area contributed by atoms with Crippen LogP contribution in [-0.4, -0.2) is 52.1 Å². The number of methoxy groups -OCH3 is 1. The third-order valence-corrected chi connectivity index (χ3v) is 2.24. The van der Waals surface area contributed by atoms with E-state index < -0.39 is 0 Å². The Morgan fingerprint density at radius 1 is 0.762 bits per heavy atom. The zero-order valence-electron chi connectivity index (χ0n) is 13.8. The lowest BCUT2D eigenvalue weighted by molar-refractivity contribution is -0.142. The molecule has 0 spiro atoms. The molecule has 126 valence electrons. The summed E-state index contributed by atoms with van der Waals surface area (Å²) in [5, 5.41) is 0. The van der Waals surface area contributed by atoms with Crippen molar-refractivity contribution in [3.05, 3.63) is 0 Å². The first-order chi connectivity index (χ1) is 10.0. The monoisotopic (exact) mass is 306 g/mol. The first-order valence-corrected chi connectivity index (χ1v) is 7.38. The zero-order valence-corrected chi connectivity index (χ0v) is 13.8. The summed E-state index contributed by atoms with van der Waals surface area (Å²) >= 11 is 0. The Morgan fingerprint density at radius 2 is 1.19 bits per heavy atom. The largest absolute Gasteiger partial charge is 0.466 e. The van der Waals surface area contributed by atoms with Crippen molar-refractivity contribution in [1.29, 1.82) is 0 Å². The quantitative estimate of drug-likeness (QED) is 0.431. The van der Waals surface area contributed by atoms with Gasteiger partial charge in [0.2, 0.25) is 0 Å². The lowest BCUT2D eigenvalue weighted by Gasteiger charge is -2.01. The lowest BCUT2D eigenvalue weighted by atomic mass is 10.3. The van der Waals surface area contributed by atoms with Gasteiger partial charge in [-0.05, 0) is 32.6 Å². The number of ether oxygens (including phenoxy) is 4. The number of carbonyl (C=O) groups is 2. The fourth-order valence-electron chi connectivity index (χ4n) is 1.23. The maximum atomic E-state index is 10.3. The van der Waals surface area contributed by atoms with Crippen LogP contribution in [0.15, 0.2) is 0 Å². The molecule has 0 unspecified atom stereocenters. The molecule has 0 amide bonds. The summed E-state index contributed by atoms with van der Waals surface area (Å²) in [6.07, 6.45) is 3.68. The van der Waals surface area contributed by atoms with E-state index in [1.807, 2.05) is 6.92 Å². The average Bonchev–Trinajstić information content (AvgIpc) is 2.42. The highest BCUT2D eigenvalue weighted by atomic mass is 16.5. The lowest BCUT2D eigenvalue weighted by Crippen LogP contribution is -2.02. The fourth-order valence-corrected chi connectivity index (χ4v) is 1.23. The standard InChI is InChI=1S/C8H16O3.C7H14O3/c1-3-10-6-4-5-7-11-8(2)9;1-7(8)10-6-4-3-5-9-2/h3-7H2,1-2H3;3-6H2,1-2H3. The third kappa shape index (κ3) is 27.9. The maximum absolute atomic E-state index is 10.3. The van der Waals surface area contributed by atoms with Gasteiger partial charge in [0.05, 0.1) is 13.2 Å². The zero-order chi connectivity index (χ0) is 16.3. The van der Waals surface area contributed by atoms with Crippen LogP contribution < -0.4 is 0 Å². The minimum Gasteiger partial charge on any atom is -0.466 e. The van der Waals surface area contributed by atoms with Crippen LogP contribution in [0.3, 0.4) is 0 Å². The Morgan fingerprint density at radius 3 is 1.57 bits per heavy atom. The topological polar surface area (TPSA) is 71.1 Å². The van der Waals surface area contributed by atoms with Crippen molar-refractivity contribution in [2.24, 2.45) is 0 Å². The van der Waals surface area contributed by atoms with E-state index in [4.69, 9.17) is 18.9 Å². The van der Waals surface area contributed by atoms with Gasteiger partial charge in [-0.3, -0.25) is 9.59 Å². The molecule has 6 heteroatoms. The third-order valence-electron chi connectivity index (χ3n) is 2.24. The molecule has 0 aromatic rings. The molecule has 6 nitrogen and oxygen atoms in total. The first-order valence-electron chi connectivity index (χ1n) is 7.38. The second kappa shape index (κ2) is 18.9. The average molecular weight is 306 g/mol. The van der Waals surface area contributed by atoms with Crippen LogP contribution in [0, 0.1) is 0 Å². The van der Waals surface area contributed by atoms with E-state index in [0.29, 0.717) is 13.2 Å². The summed E-state index contributed by atoms with van der Waals surface area (Å²) in [5.41, 5.74) is 0. The number of hydrogen-bond donors (Lipinski definition) is 0. The molecule has 0 fully saturated rings. The van der Waals surface area contributed by atoms with E-state index in [0.717, 1.165) is 45.5 Å². The highest BCUT2D eigenvalue weighted by Crippen LogP contribution is 1.91. The molecule has 0 N–H and O–H groups in total. The Labute approximate surface area is 128 Å². The van der Waals surface area contributed by atoms with Crippen molar-refractivity contribution in [3.63, 3.8) is 0 Å². The van der Waals surface area contributed by atoms with Gasteiger partial charge in [-0.25, -0.2) is 0 Å². The van der Waals surface area contributed by atoms with E-state index in [2.05, 4.69) is 0 Å². The normalized spacial score (nSPS) is 9.52. The van der Waals surface area contributed by atoms with Crippen molar-refractivity contribution in [2.45, 2.75) is 46.5 Å². The number of rotatable bonds is 11. The van der Waals surface area contributed by atoms with Crippen LogP contribution in [0.2, 0.25) is 0 Å². The van der Waals surface area contributed by atoms with Crippen molar-refractivity contribution >= 4 is 11.9 Å². The van der Waals surface area contributed by atoms with Crippen LogP contribution in [-0.2, 0) is 28.5 Å². The van der Waals surface area contributed by atoms with Crippen molar-refractivity contribution in [1.82, 2.24) is 0 Å². The minimum absolute atomic E-state index is 0.207. The molecule has 0 aliphatic rings. The molecule has 0 heterocycles. The molecule has 0 aliphatic heterocycles. The van der Waals surface area contributed by atoms with E-state index in [9.17, 15) is 9.59 Å². The van der Waals surface area contributed by atoms with Crippen molar-refractivity contribution in [3.8, 4) is 0 Å². The molecule has 0 aromatic heterocycles. The highest BCUT2D eigenvalue weighted by molar-refractivity contribution is 5.66. The van der Waals surface area contributed by atoms with Crippen LogP contribution >= 0.6 is 0 Å². The van der Waals surface area contributed by atoms with E-state index in [1.54, 1.807) is 7.11 Å². The molecule has 0 aromatic carbocycles. The minimum atomic E-state index is -0.211. The molecule has 0 radical (unpaired) electrons. The number of esters is 2. The predicted octanol–water partition coefficient (Wildman–Crippen LogP) is 2.34. The van der Waals surface area contributed by atoms with Crippen molar-refractivity contribution < 1.29 is 28.5 Å². The van der Waals surface area contributed by atoms with Gasteiger partial charge in [-0.1, -0.05) is 0 Å². The summed E-state index contributed by atoms with van der Waals surface area (Å²) in [6, 6.07) is 0. The van der Waals surface area contributed by atoms with Crippen LogP contribution in [0.4, 0.5) is 0 Å². The van der Waals surface area contributed by atoms with E-state index in [1.165, 1.54) is 13.8 Å². The van der Waals surface area contributed by atoms with Crippen LogP contribution in [0.25, 0.3) is 0 Å². The van der Waals surface area contributed by atoms with E-state index in [-0.39, 0.29) is 11.9 Å². The molecule has 0 rings (SSSR count). The Kier molecular flexibility index (Phi) is 19.9. The Hall–Kier alpha value is -1.14. The fraction of sp³-hybridized carbons (Fsp3) is 0.867. The predicted molar refractivity (Wildman–Crippen MR) is 80.1 cm³/mol. The second-order valence-electron chi connectivity index (χ2n) is 4.28. The summed E-state index contributed by atoms with van der Waals surface area (Å²) in [4.78, 5) is 20.5. The van der Waals surface area contributed by atoms with Gasteiger partial charge >= 0.3 is 11.9 Å². The summed E-state index contributed by atoms with van der Waals surface area (Å²) in [7, 11) is 1.66. The molecule has 0 saturated carbocycles. The maximum Gasteiger partial charge on any atom is 0.302 e. The first kappa shape index (κ1) is 22.1. The molecule has 0 saturated heterocycles. The van der Waals surface area contributed by atoms with Gasteiger partial charge < -0.3 is 18.9 Å². The molecular formula is C15H30O6. The smallest absolute Gasteiger partial charge is 0.302 e. The molecule has 0 bridgehead atoms. The SMILES string of the molecule is CCOCCCCOC(C)=O.COCCCCOC(C)=O. The number of unbranched alkanes of at least 4 members (excludes halogenated alkanes) is 2. The molecule has 0 atom stereocenters. The summed E-state index contributed by atoms with van der Waals surface area (Å²) < 4.78 is 19.3. The summed E-state index contributed by atoms with van der Waals surface area (Å²) in [5.74, 6) is -0.418. The number of hydrogen-bond acceptors (Lipinski definition) is 6. The Balaban J connectivity index is 0. The van der Waals surface area contributed by atoms with Crippen LogP contribution in [0.1, 0.15) is 46.5 Å². The summed E-state index contributed by atoms with van der Waals surface area (Å²) in [6.45, 7) is 8.08. The van der Waals surface area contributed by atoms with Gasteiger partial charge in [0.1, 0.15) is 0 Å². The van der Waals surface area contributed by atoms with Gasteiger partial charge in [0.15, 0.2) is 0 Å². The Bertz CT molecular complexity index is 242. The van der Waals surface area contributed by atoms with Gasteiger partial charge in [0, 0.05) is 40.8 Å². The van der Waals surface area contributed by atoms with E-state index >= 15 is 0 Å². The number of carbonyl (C=O) groups excluding carboxylic acids is 2.